The predicted molar refractivity (Wildman–Crippen MR) is 82.9 cm³/mol. The monoisotopic (exact) mass is 282 g/mol. The van der Waals surface area contributed by atoms with Crippen LogP contribution >= 0.6 is 0 Å². The van der Waals surface area contributed by atoms with Crippen LogP contribution in [0.5, 0.6) is 0 Å². The van der Waals surface area contributed by atoms with Crippen molar-refractivity contribution in [3.63, 3.8) is 0 Å². The summed E-state index contributed by atoms with van der Waals surface area (Å²) in [6, 6.07) is 11.0. The van der Waals surface area contributed by atoms with Crippen molar-refractivity contribution in [3.8, 4) is 0 Å². The summed E-state index contributed by atoms with van der Waals surface area (Å²) in [6.07, 6.45) is 8.08. The van der Waals surface area contributed by atoms with E-state index >= 15 is 0 Å². The average molecular weight is 282 g/mol. The minimum atomic E-state index is 0.160. The first kappa shape index (κ1) is 13.1. The molecular formula is C18H22N2O. The minimum Gasteiger partial charge on any atom is -0.371 e. The third-order valence-electron chi connectivity index (χ3n) is 4.76. The van der Waals surface area contributed by atoms with E-state index in [0.717, 1.165) is 19.6 Å². The van der Waals surface area contributed by atoms with Gasteiger partial charge in [-0.2, -0.15) is 0 Å². The fraction of sp³-hybridized carbons (Fsp3) is 0.444. The molecule has 1 aromatic carbocycles. The van der Waals surface area contributed by atoms with Gasteiger partial charge in [0.05, 0.1) is 13.2 Å². The van der Waals surface area contributed by atoms with Crippen molar-refractivity contribution < 1.29 is 4.74 Å². The lowest BCUT2D eigenvalue weighted by molar-refractivity contribution is 0.0306. The van der Waals surface area contributed by atoms with Crippen LogP contribution in [-0.2, 0) is 17.7 Å². The van der Waals surface area contributed by atoms with E-state index in [2.05, 4.69) is 47.3 Å². The summed E-state index contributed by atoms with van der Waals surface area (Å²) in [7, 11) is 0. The van der Waals surface area contributed by atoms with E-state index < -0.39 is 0 Å². The van der Waals surface area contributed by atoms with Crippen molar-refractivity contribution in [2.45, 2.75) is 38.0 Å². The van der Waals surface area contributed by atoms with Gasteiger partial charge in [0.15, 0.2) is 0 Å². The number of benzene rings is 1. The smallest absolute Gasteiger partial charge is 0.101 e. The molecule has 2 heterocycles. The molecule has 0 radical (unpaired) electrons. The molecule has 0 saturated heterocycles. The van der Waals surface area contributed by atoms with Gasteiger partial charge in [-0.25, -0.2) is 0 Å². The second-order valence-electron chi connectivity index (χ2n) is 6.31. The topological polar surface area (TPSA) is 40.2 Å². The third kappa shape index (κ3) is 2.63. The Bertz CT molecular complexity index is 630. The summed E-state index contributed by atoms with van der Waals surface area (Å²) in [5, 5.41) is 0. The fourth-order valence-corrected chi connectivity index (χ4v) is 3.32. The molecule has 1 aromatic heterocycles. The van der Waals surface area contributed by atoms with Crippen molar-refractivity contribution in [2.24, 2.45) is 11.7 Å². The lowest BCUT2D eigenvalue weighted by Crippen LogP contribution is -2.20. The van der Waals surface area contributed by atoms with E-state index in [1.807, 2.05) is 0 Å². The lowest BCUT2D eigenvalue weighted by atomic mass is 9.97. The maximum atomic E-state index is 6.28. The van der Waals surface area contributed by atoms with Crippen molar-refractivity contribution in [3.05, 3.63) is 59.4 Å². The quantitative estimate of drug-likeness (QED) is 0.935. The van der Waals surface area contributed by atoms with Crippen LogP contribution in [0.4, 0.5) is 0 Å². The molecule has 21 heavy (non-hydrogen) atoms. The first-order chi connectivity index (χ1) is 10.3. The Morgan fingerprint density at radius 1 is 1.24 bits per heavy atom. The number of rotatable bonds is 4. The highest BCUT2D eigenvalue weighted by atomic mass is 16.5. The largest absolute Gasteiger partial charge is 0.371 e. The van der Waals surface area contributed by atoms with E-state index in [9.17, 15) is 0 Å². The van der Waals surface area contributed by atoms with Crippen LogP contribution in [0.3, 0.4) is 0 Å². The molecule has 2 aromatic rings. The number of ether oxygens (including phenoxy) is 1. The zero-order valence-corrected chi connectivity index (χ0v) is 12.2. The predicted octanol–water partition coefficient (Wildman–Crippen LogP) is 3.21. The molecule has 1 aliphatic carbocycles. The molecule has 0 amide bonds. The van der Waals surface area contributed by atoms with E-state index in [1.165, 1.54) is 29.5 Å². The average Bonchev–Trinajstić information content (AvgIpc) is 3.27. The molecule has 3 nitrogen and oxygen atoms in total. The maximum absolute atomic E-state index is 6.28. The molecule has 2 unspecified atom stereocenters. The summed E-state index contributed by atoms with van der Waals surface area (Å²) in [5.74, 6) is 0.701. The van der Waals surface area contributed by atoms with Crippen LogP contribution in [0.15, 0.2) is 42.7 Å². The molecule has 2 N–H and O–H groups in total. The Morgan fingerprint density at radius 2 is 2.10 bits per heavy atom. The molecule has 0 spiro atoms. The standard InChI is InChI=1S/C18H22N2O/c19-18(14-5-6-14)15-7-9-20(11-15)12-17-16-4-2-1-3-13(16)8-10-21-17/h1-4,7,9,11,14,17-18H,5-6,8,10,12,19H2. The Labute approximate surface area is 125 Å². The summed E-state index contributed by atoms with van der Waals surface area (Å²) in [4.78, 5) is 0. The Balaban J connectivity index is 1.51. The van der Waals surface area contributed by atoms with E-state index in [-0.39, 0.29) is 12.1 Å². The normalized spacial score (nSPS) is 22.8. The molecular weight excluding hydrogens is 260 g/mol. The Kier molecular flexibility index (Phi) is 3.32. The molecule has 2 aliphatic rings. The molecule has 110 valence electrons. The fourth-order valence-electron chi connectivity index (χ4n) is 3.32. The Morgan fingerprint density at radius 3 is 2.95 bits per heavy atom. The molecule has 1 aliphatic heterocycles. The SMILES string of the molecule is NC(c1ccn(CC2OCCc3ccccc32)c1)C1CC1. The van der Waals surface area contributed by atoms with Gasteiger partial charge >= 0.3 is 0 Å². The highest BCUT2D eigenvalue weighted by molar-refractivity contribution is 5.31. The number of hydrogen-bond acceptors (Lipinski definition) is 2. The summed E-state index contributed by atoms with van der Waals surface area (Å²) >= 11 is 0. The van der Waals surface area contributed by atoms with Gasteiger partial charge in [0.1, 0.15) is 6.10 Å². The number of fused-ring (bicyclic) bond motifs is 1. The van der Waals surface area contributed by atoms with Gasteiger partial charge in [-0.05, 0) is 47.9 Å². The summed E-state index contributed by atoms with van der Waals surface area (Å²) in [6.45, 7) is 1.69. The van der Waals surface area contributed by atoms with Gasteiger partial charge in [-0.3, -0.25) is 0 Å². The summed E-state index contributed by atoms with van der Waals surface area (Å²) in [5.41, 5.74) is 10.3. The zero-order valence-electron chi connectivity index (χ0n) is 12.2. The van der Waals surface area contributed by atoms with Crippen LogP contribution in [-0.4, -0.2) is 11.2 Å². The molecule has 3 heteroatoms. The minimum absolute atomic E-state index is 0.160. The molecule has 2 atom stereocenters. The number of nitrogens with zero attached hydrogens (tertiary/aromatic N) is 1. The molecule has 4 rings (SSSR count). The van der Waals surface area contributed by atoms with Crippen LogP contribution in [0, 0.1) is 5.92 Å². The van der Waals surface area contributed by atoms with Crippen LogP contribution < -0.4 is 5.73 Å². The molecule has 1 fully saturated rings. The van der Waals surface area contributed by atoms with Crippen LogP contribution in [0.1, 0.15) is 41.7 Å². The second kappa shape index (κ2) is 5.32. The van der Waals surface area contributed by atoms with Crippen molar-refractivity contribution >= 4 is 0 Å². The Hall–Kier alpha value is -1.58. The van der Waals surface area contributed by atoms with Crippen molar-refractivity contribution in [2.75, 3.05) is 6.61 Å². The van der Waals surface area contributed by atoms with E-state index in [1.54, 1.807) is 0 Å². The highest BCUT2D eigenvalue weighted by Crippen LogP contribution is 2.39. The van der Waals surface area contributed by atoms with Crippen molar-refractivity contribution in [1.29, 1.82) is 0 Å². The molecule has 1 saturated carbocycles. The summed E-state index contributed by atoms with van der Waals surface area (Å²) < 4.78 is 8.21. The van der Waals surface area contributed by atoms with E-state index in [0.29, 0.717) is 5.92 Å². The van der Waals surface area contributed by atoms with Gasteiger partial charge in [-0.1, -0.05) is 24.3 Å². The zero-order chi connectivity index (χ0) is 14.2. The van der Waals surface area contributed by atoms with E-state index in [4.69, 9.17) is 10.5 Å². The van der Waals surface area contributed by atoms with Gasteiger partial charge in [-0.15, -0.1) is 0 Å². The van der Waals surface area contributed by atoms with Crippen molar-refractivity contribution in [1.82, 2.24) is 4.57 Å². The van der Waals surface area contributed by atoms with Gasteiger partial charge in [0.25, 0.3) is 0 Å². The number of hydrogen-bond donors (Lipinski definition) is 1. The van der Waals surface area contributed by atoms with Gasteiger partial charge in [0, 0.05) is 18.4 Å². The number of aromatic nitrogens is 1. The van der Waals surface area contributed by atoms with Crippen LogP contribution in [0.25, 0.3) is 0 Å². The third-order valence-corrected chi connectivity index (χ3v) is 4.76. The highest BCUT2D eigenvalue weighted by Gasteiger charge is 2.30. The van der Waals surface area contributed by atoms with Gasteiger partial charge in [0.2, 0.25) is 0 Å². The van der Waals surface area contributed by atoms with Crippen LogP contribution in [0.2, 0.25) is 0 Å². The maximum Gasteiger partial charge on any atom is 0.101 e. The lowest BCUT2D eigenvalue weighted by Gasteiger charge is -2.26. The molecule has 0 bridgehead atoms. The first-order valence-electron chi connectivity index (χ1n) is 7.92. The van der Waals surface area contributed by atoms with Gasteiger partial charge < -0.3 is 15.0 Å². The second-order valence-corrected chi connectivity index (χ2v) is 6.31. The number of nitrogens with two attached hydrogens (primary N) is 1. The first-order valence-corrected chi connectivity index (χ1v) is 7.92.